The first-order valence-corrected chi connectivity index (χ1v) is 7.23. The topological polar surface area (TPSA) is 41.5 Å². The minimum atomic E-state index is -0.212. The molecule has 0 bridgehead atoms. The zero-order valence-electron chi connectivity index (χ0n) is 11.8. The van der Waals surface area contributed by atoms with E-state index >= 15 is 0 Å². The van der Waals surface area contributed by atoms with Crippen LogP contribution in [0.5, 0.6) is 5.75 Å². The van der Waals surface area contributed by atoms with E-state index in [4.69, 9.17) is 4.74 Å². The molecular formula is C17H21NO2. The van der Waals surface area contributed by atoms with Crippen molar-refractivity contribution in [2.24, 2.45) is 5.92 Å². The Morgan fingerprint density at radius 3 is 2.80 bits per heavy atom. The summed E-state index contributed by atoms with van der Waals surface area (Å²) in [7, 11) is 1.70. The van der Waals surface area contributed by atoms with Gasteiger partial charge in [0.1, 0.15) is 5.75 Å². The Morgan fingerprint density at radius 1 is 1.25 bits per heavy atom. The highest BCUT2D eigenvalue weighted by atomic mass is 16.5. The minimum Gasteiger partial charge on any atom is -0.496 e. The number of methoxy groups -OCH3 is 1. The molecule has 0 radical (unpaired) electrons. The largest absolute Gasteiger partial charge is 0.496 e. The molecule has 2 aromatic carbocycles. The summed E-state index contributed by atoms with van der Waals surface area (Å²) in [5, 5.41) is 15.7. The van der Waals surface area contributed by atoms with E-state index in [1.807, 2.05) is 18.2 Å². The predicted octanol–water partition coefficient (Wildman–Crippen LogP) is 2.71. The lowest BCUT2D eigenvalue weighted by Crippen LogP contribution is -2.28. The van der Waals surface area contributed by atoms with Crippen molar-refractivity contribution in [3.63, 3.8) is 0 Å². The average Bonchev–Trinajstić information content (AvgIpc) is 3.32. The maximum absolute atomic E-state index is 9.91. The summed E-state index contributed by atoms with van der Waals surface area (Å²) in [6.45, 7) is 1.37. The van der Waals surface area contributed by atoms with E-state index < -0.39 is 0 Å². The fourth-order valence-electron chi connectivity index (χ4n) is 2.68. The van der Waals surface area contributed by atoms with Gasteiger partial charge in [-0.3, -0.25) is 0 Å². The van der Waals surface area contributed by atoms with Crippen LogP contribution in [0.1, 0.15) is 18.4 Å². The number of aliphatic hydroxyl groups is 1. The first kappa shape index (κ1) is 13.4. The molecule has 0 saturated heterocycles. The molecule has 3 heteroatoms. The third-order valence-corrected chi connectivity index (χ3v) is 4.04. The van der Waals surface area contributed by atoms with Crippen LogP contribution in [0.15, 0.2) is 36.4 Å². The smallest absolute Gasteiger partial charge is 0.123 e. The maximum atomic E-state index is 9.91. The molecule has 2 N–H and O–H groups in total. The molecule has 0 heterocycles. The minimum absolute atomic E-state index is 0.212. The number of nitrogens with one attached hydrogen (secondary N) is 1. The number of fused-ring (bicyclic) bond motifs is 1. The third-order valence-electron chi connectivity index (χ3n) is 4.04. The van der Waals surface area contributed by atoms with Crippen LogP contribution in [-0.2, 0) is 6.54 Å². The van der Waals surface area contributed by atoms with Crippen LogP contribution in [0.2, 0.25) is 0 Å². The van der Waals surface area contributed by atoms with Gasteiger partial charge in [0.15, 0.2) is 0 Å². The molecule has 20 heavy (non-hydrogen) atoms. The zero-order chi connectivity index (χ0) is 13.9. The number of hydrogen-bond donors (Lipinski definition) is 2. The zero-order valence-corrected chi connectivity index (χ0v) is 11.8. The highest BCUT2D eigenvalue weighted by Gasteiger charge is 2.29. The quantitative estimate of drug-likeness (QED) is 0.849. The molecule has 1 atom stereocenters. The molecule has 3 rings (SSSR count). The lowest BCUT2D eigenvalue weighted by atomic mass is 10.0. The number of aliphatic hydroxyl groups excluding tert-OH is 1. The van der Waals surface area contributed by atoms with Crippen molar-refractivity contribution in [1.82, 2.24) is 5.32 Å². The second-order valence-corrected chi connectivity index (χ2v) is 5.50. The molecular weight excluding hydrogens is 250 g/mol. The Kier molecular flexibility index (Phi) is 3.90. The number of hydrogen-bond acceptors (Lipinski definition) is 3. The van der Waals surface area contributed by atoms with Crippen molar-refractivity contribution >= 4 is 10.8 Å². The Hall–Kier alpha value is -1.58. The molecule has 1 aliphatic rings. The fourth-order valence-corrected chi connectivity index (χ4v) is 2.68. The molecule has 1 fully saturated rings. The van der Waals surface area contributed by atoms with Crippen LogP contribution in [0, 0.1) is 5.92 Å². The molecule has 0 spiro atoms. The van der Waals surface area contributed by atoms with Gasteiger partial charge in [0.2, 0.25) is 0 Å². The van der Waals surface area contributed by atoms with Crippen molar-refractivity contribution < 1.29 is 9.84 Å². The standard InChI is InChI=1S/C17H21NO2/c1-20-17-9-8-12-4-2-3-5-14(12)15(17)10-18-11-16(19)13-6-7-13/h2-5,8-9,13,16,18-19H,6-7,10-11H2,1H3. The van der Waals surface area contributed by atoms with Gasteiger partial charge < -0.3 is 15.2 Å². The van der Waals surface area contributed by atoms with Gasteiger partial charge in [0.05, 0.1) is 13.2 Å². The van der Waals surface area contributed by atoms with Crippen LogP contribution in [0.3, 0.4) is 0 Å². The van der Waals surface area contributed by atoms with Gasteiger partial charge >= 0.3 is 0 Å². The van der Waals surface area contributed by atoms with Gasteiger partial charge in [-0.15, -0.1) is 0 Å². The lowest BCUT2D eigenvalue weighted by molar-refractivity contribution is 0.148. The maximum Gasteiger partial charge on any atom is 0.123 e. The molecule has 1 saturated carbocycles. The van der Waals surface area contributed by atoms with E-state index in [2.05, 4.69) is 23.5 Å². The van der Waals surface area contributed by atoms with E-state index in [1.54, 1.807) is 7.11 Å². The van der Waals surface area contributed by atoms with Crippen molar-refractivity contribution in [2.45, 2.75) is 25.5 Å². The summed E-state index contributed by atoms with van der Waals surface area (Å²) < 4.78 is 5.47. The second-order valence-electron chi connectivity index (χ2n) is 5.50. The van der Waals surface area contributed by atoms with Crippen molar-refractivity contribution in [2.75, 3.05) is 13.7 Å². The fraction of sp³-hybridized carbons (Fsp3) is 0.412. The van der Waals surface area contributed by atoms with Crippen molar-refractivity contribution in [3.8, 4) is 5.75 Å². The van der Waals surface area contributed by atoms with E-state index in [9.17, 15) is 5.11 Å². The number of ether oxygens (including phenoxy) is 1. The van der Waals surface area contributed by atoms with Crippen molar-refractivity contribution in [1.29, 1.82) is 0 Å². The summed E-state index contributed by atoms with van der Waals surface area (Å²) in [5.74, 6) is 1.41. The second kappa shape index (κ2) is 5.81. The van der Waals surface area contributed by atoms with Crippen LogP contribution < -0.4 is 10.1 Å². The van der Waals surface area contributed by atoms with Gasteiger partial charge in [-0.1, -0.05) is 30.3 Å². The predicted molar refractivity (Wildman–Crippen MR) is 80.9 cm³/mol. The van der Waals surface area contributed by atoms with Gasteiger partial charge in [-0.05, 0) is 35.6 Å². The Morgan fingerprint density at radius 2 is 2.05 bits per heavy atom. The Bertz CT molecular complexity index is 593. The normalized spacial score (nSPS) is 16.3. The summed E-state index contributed by atoms with van der Waals surface area (Å²) >= 11 is 0. The molecule has 0 aromatic heterocycles. The van der Waals surface area contributed by atoms with Crippen LogP contribution >= 0.6 is 0 Å². The molecule has 106 valence electrons. The van der Waals surface area contributed by atoms with E-state index in [-0.39, 0.29) is 6.10 Å². The number of benzene rings is 2. The lowest BCUT2D eigenvalue weighted by Gasteiger charge is -2.15. The summed E-state index contributed by atoms with van der Waals surface area (Å²) in [4.78, 5) is 0. The number of rotatable bonds is 6. The molecule has 0 amide bonds. The first-order chi connectivity index (χ1) is 9.79. The highest BCUT2D eigenvalue weighted by molar-refractivity contribution is 5.87. The SMILES string of the molecule is COc1ccc2ccccc2c1CNCC(O)C1CC1. The van der Waals surface area contributed by atoms with Gasteiger partial charge in [-0.25, -0.2) is 0 Å². The molecule has 0 aliphatic heterocycles. The summed E-state index contributed by atoms with van der Waals surface area (Å²) in [6.07, 6.45) is 2.12. The molecule has 2 aromatic rings. The molecule has 1 unspecified atom stereocenters. The van der Waals surface area contributed by atoms with E-state index in [0.717, 1.165) is 11.3 Å². The third kappa shape index (κ3) is 2.79. The molecule has 1 aliphatic carbocycles. The summed E-state index contributed by atoms with van der Waals surface area (Å²) in [6, 6.07) is 12.4. The van der Waals surface area contributed by atoms with Gasteiger partial charge in [-0.2, -0.15) is 0 Å². The van der Waals surface area contributed by atoms with E-state index in [1.165, 1.54) is 23.6 Å². The van der Waals surface area contributed by atoms with Crippen LogP contribution in [0.25, 0.3) is 10.8 Å². The van der Waals surface area contributed by atoms with Gasteiger partial charge in [0.25, 0.3) is 0 Å². The average molecular weight is 271 g/mol. The Labute approximate surface area is 119 Å². The van der Waals surface area contributed by atoms with E-state index in [0.29, 0.717) is 19.0 Å². The highest BCUT2D eigenvalue weighted by Crippen LogP contribution is 2.32. The molecule has 3 nitrogen and oxygen atoms in total. The first-order valence-electron chi connectivity index (χ1n) is 7.23. The Balaban J connectivity index is 1.77. The monoisotopic (exact) mass is 271 g/mol. The van der Waals surface area contributed by atoms with Crippen LogP contribution in [-0.4, -0.2) is 24.9 Å². The summed E-state index contributed by atoms with van der Waals surface area (Å²) in [5.41, 5.74) is 1.16. The van der Waals surface area contributed by atoms with Crippen LogP contribution in [0.4, 0.5) is 0 Å². The van der Waals surface area contributed by atoms with Crippen molar-refractivity contribution in [3.05, 3.63) is 42.0 Å². The van der Waals surface area contributed by atoms with Gasteiger partial charge in [0, 0.05) is 18.7 Å².